The molecule has 1 aliphatic heterocycles. The fourth-order valence-electron chi connectivity index (χ4n) is 2.09. The summed E-state index contributed by atoms with van der Waals surface area (Å²) in [7, 11) is 0. The number of rotatable bonds is 2. The Kier molecular flexibility index (Phi) is 5.08. The van der Waals surface area contributed by atoms with Gasteiger partial charge in [-0.3, -0.25) is 19.8 Å². The number of amides is 2. The summed E-state index contributed by atoms with van der Waals surface area (Å²) in [5.74, 6) is -1.11. The van der Waals surface area contributed by atoms with Crippen LogP contribution < -0.4 is 10.2 Å². The van der Waals surface area contributed by atoms with E-state index < -0.39 is 11.8 Å². The predicted molar refractivity (Wildman–Crippen MR) is 105 cm³/mol. The predicted octanol–water partition coefficient (Wildman–Crippen LogP) is 4.65. The van der Waals surface area contributed by atoms with Gasteiger partial charge in [0.2, 0.25) is 0 Å². The first kappa shape index (κ1) is 17.6. The van der Waals surface area contributed by atoms with Crippen LogP contribution in [0.4, 0.5) is 5.69 Å². The second-order valence-electron chi connectivity index (χ2n) is 4.67. The second kappa shape index (κ2) is 6.93. The molecular formula is C15H7BrCl2N2O2S2. The molecule has 9 heteroatoms. The van der Waals surface area contributed by atoms with Crippen molar-refractivity contribution in [2.45, 2.75) is 0 Å². The number of thiocarbonyl (C=S) groups is 1. The van der Waals surface area contributed by atoms with E-state index in [1.807, 2.05) is 6.07 Å². The number of carbonyl (C=O) groups excluding carboxylic acids is 2. The third kappa shape index (κ3) is 3.27. The van der Waals surface area contributed by atoms with Crippen molar-refractivity contribution in [3.63, 3.8) is 0 Å². The largest absolute Gasteiger partial charge is 0.298 e. The molecule has 1 saturated heterocycles. The first-order valence-corrected chi connectivity index (χ1v) is 9.26. The minimum Gasteiger partial charge on any atom is -0.298 e. The van der Waals surface area contributed by atoms with Gasteiger partial charge in [-0.05, 0) is 58.5 Å². The number of nitrogens with one attached hydrogen (secondary N) is 1. The van der Waals surface area contributed by atoms with Crippen LogP contribution in [0, 0.1) is 0 Å². The molecule has 0 bridgehead atoms. The van der Waals surface area contributed by atoms with Crippen molar-refractivity contribution < 1.29 is 9.59 Å². The lowest BCUT2D eigenvalue weighted by molar-refractivity contribution is -0.122. The van der Waals surface area contributed by atoms with E-state index in [2.05, 4.69) is 21.2 Å². The van der Waals surface area contributed by atoms with Crippen molar-refractivity contribution in [3.8, 4) is 0 Å². The Morgan fingerprint density at radius 3 is 2.62 bits per heavy atom. The summed E-state index contributed by atoms with van der Waals surface area (Å²) in [5, 5.41) is 2.93. The van der Waals surface area contributed by atoms with Gasteiger partial charge in [0.25, 0.3) is 11.8 Å². The van der Waals surface area contributed by atoms with Crippen LogP contribution in [0.2, 0.25) is 10.0 Å². The number of hydrogen-bond donors (Lipinski definition) is 1. The third-order valence-corrected chi connectivity index (χ3v) is 5.82. The Morgan fingerprint density at radius 2 is 1.96 bits per heavy atom. The topological polar surface area (TPSA) is 49.4 Å². The Balaban J connectivity index is 2.06. The van der Waals surface area contributed by atoms with Crippen molar-refractivity contribution in [2.24, 2.45) is 0 Å². The van der Waals surface area contributed by atoms with Crippen LogP contribution in [0.15, 0.2) is 39.7 Å². The summed E-state index contributed by atoms with van der Waals surface area (Å²) >= 11 is 22.1. The first-order chi connectivity index (χ1) is 11.4. The summed E-state index contributed by atoms with van der Waals surface area (Å²) in [6.07, 6.45) is 1.51. The summed E-state index contributed by atoms with van der Waals surface area (Å²) in [6, 6.07) is 8.48. The summed E-state index contributed by atoms with van der Waals surface area (Å²) in [4.78, 5) is 26.9. The molecule has 1 aromatic heterocycles. The van der Waals surface area contributed by atoms with Crippen LogP contribution in [0.1, 0.15) is 4.88 Å². The Hall–Kier alpha value is -1.25. The molecule has 2 aromatic rings. The number of hydrogen-bond acceptors (Lipinski definition) is 4. The molecule has 1 aromatic carbocycles. The molecule has 122 valence electrons. The van der Waals surface area contributed by atoms with E-state index in [0.717, 1.165) is 8.66 Å². The highest BCUT2D eigenvalue weighted by atomic mass is 79.9. The van der Waals surface area contributed by atoms with Crippen molar-refractivity contribution in [1.82, 2.24) is 5.32 Å². The monoisotopic (exact) mass is 460 g/mol. The Bertz CT molecular complexity index is 911. The van der Waals surface area contributed by atoms with Gasteiger partial charge in [-0.2, -0.15) is 0 Å². The van der Waals surface area contributed by atoms with Gasteiger partial charge >= 0.3 is 0 Å². The van der Waals surface area contributed by atoms with Crippen LogP contribution in [0.25, 0.3) is 6.08 Å². The van der Waals surface area contributed by atoms with Crippen molar-refractivity contribution in [3.05, 3.63) is 54.6 Å². The van der Waals surface area contributed by atoms with E-state index in [0.29, 0.717) is 5.69 Å². The molecule has 1 fully saturated rings. The van der Waals surface area contributed by atoms with Gasteiger partial charge < -0.3 is 0 Å². The van der Waals surface area contributed by atoms with Gasteiger partial charge in [0.15, 0.2) is 5.11 Å². The smallest absolute Gasteiger partial charge is 0.270 e. The van der Waals surface area contributed by atoms with Gasteiger partial charge in [0, 0.05) is 4.88 Å². The molecule has 2 heterocycles. The average molecular weight is 462 g/mol. The Labute approximate surface area is 165 Å². The summed E-state index contributed by atoms with van der Waals surface area (Å²) in [6.45, 7) is 0. The third-order valence-electron chi connectivity index (χ3n) is 3.15. The first-order valence-electron chi connectivity index (χ1n) is 6.49. The zero-order valence-electron chi connectivity index (χ0n) is 11.7. The van der Waals surface area contributed by atoms with E-state index in [4.69, 9.17) is 35.4 Å². The maximum atomic E-state index is 12.8. The van der Waals surface area contributed by atoms with Crippen LogP contribution in [0.3, 0.4) is 0 Å². The molecule has 4 nitrogen and oxygen atoms in total. The van der Waals surface area contributed by atoms with E-state index in [-0.39, 0.29) is 20.7 Å². The van der Waals surface area contributed by atoms with E-state index >= 15 is 0 Å². The fourth-order valence-corrected chi connectivity index (χ4v) is 4.11. The van der Waals surface area contributed by atoms with Gasteiger partial charge in [-0.15, -0.1) is 11.3 Å². The molecule has 0 saturated carbocycles. The van der Waals surface area contributed by atoms with Crippen molar-refractivity contribution >= 4 is 91.4 Å². The van der Waals surface area contributed by atoms with E-state index in [9.17, 15) is 9.59 Å². The Morgan fingerprint density at radius 1 is 1.21 bits per heavy atom. The highest BCUT2D eigenvalue weighted by Crippen LogP contribution is 2.34. The summed E-state index contributed by atoms with van der Waals surface area (Å²) in [5.41, 5.74) is 0.284. The lowest BCUT2D eigenvalue weighted by atomic mass is 10.1. The van der Waals surface area contributed by atoms with Gasteiger partial charge in [0.1, 0.15) is 5.57 Å². The van der Waals surface area contributed by atoms with Crippen LogP contribution in [0.5, 0.6) is 0 Å². The molecule has 0 radical (unpaired) electrons. The quantitative estimate of drug-likeness (QED) is 0.402. The maximum absolute atomic E-state index is 12.8. The lowest BCUT2D eigenvalue weighted by Gasteiger charge is -2.29. The van der Waals surface area contributed by atoms with Crippen LogP contribution in [-0.2, 0) is 9.59 Å². The number of benzene rings is 1. The number of anilines is 1. The highest BCUT2D eigenvalue weighted by molar-refractivity contribution is 9.11. The molecule has 2 amide bonds. The molecular weight excluding hydrogens is 455 g/mol. The molecule has 1 aliphatic rings. The van der Waals surface area contributed by atoms with Crippen LogP contribution in [-0.4, -0.2) is 16.9 Å². The van der Waals surface area contributed by atoms with Crippen molar-refractivity contribution in [1.29, 1.82) is 0 Å². The van der Waals surface area contributed by atoms with Gasteiger partial charge in [-0.25, -0.2) is 0 Å². The number of nitrogens with zero attached hydrogens (tertiary/aromatic N) is 1. The number of halogens is 3. The summed E-state index contributed by atoms with van der Waals surface area (Å²) < 4.78 is 0.892. The minimum absolute atomic E-state index is 0.0333. The maximum Gasteiger partial charge on any atom is 0.270 e. The molecule has 0 unspecified atom stereocenters. The number of thiophene rings is 1. The van der Waals surface area contributed by atoms with Gasteiger partial charge in [-0.1, -0.05) is 29.3 Å². The molecule has 0 atom stereocenters. The zero-order valence-corrected chi connectivity index (χ0v) is 16.4. The standard InChI is InChI=1S/C15H7BrCl2N2O2S2/c16-11-5-4-7(24-11)6-8-13(21)19-15(23)20(14(8)22)10-3-1-2-9(17)12(10)18/h1-6H,(H,19,21,23)/b8-6+. The zero-order chi connectivity index (χ0) is 17.4. The van der Waals surface area contributed by atoms with Crippen LogP contribution >= 0.6 is 62.7 Å². The second-order valence-corrected chi connectivity index (χ2v) is 8.34. The number of carbonyl (C=O) groups is 2. The molecule has 24 heavy (non-hydrogen) atoms. The fraction of sp³-hybridized carbons (Fsp3) is 0. The molecule has 0 aliphatic carbocycles. The van der Waals surface area contributed by atoms with Gasteiger partial charge in [0.05, 0.1) is 19.5 Å². The van der Waals surface area contributed by atoms with E-state index in [1.54, 1.807) is 24.3 Å². The minimum atomic E-state index is -0.558. The van der Waals surface area contributed by atoms with E-state index in [1.165, 1.54) is 22.3 Å². The molecule has 1 N–H and O–H groups in total. The van der Waals surface area contributed by atoms with Crippen molar-refractivity contribution in [2.75, 3.05) is 4.90 Å². The molecule has 3 rings (SSSR count). The molecule has 0 spiro atoms. The average Bonchev–Trinajstić information content (AvgIpc) is 2.93. The SMILES string of the molecule is O=C1NC(=S)N(c2cccc(Cl)c2Cl)C(=O)/C1=C/c1ccc(Br)s1. The highest BCUT2D eigenvalue weighted by Gasteiger charge is 2.35. The lowest BCUT2D eigenvalue weighted by Crippen LogP contribution is -2.54. The normalized spacial score (nSPS) is 16.7.